The van der Waals surface area contributed by atoms with Crippen molar-refractivity contribution in [2.24, 2.45) is 5.92 Å². The van der Waals surface area contributed by atoms with E-state index in [9.17, 15) is 9.18 Å². The Morgan fingerprint density at radius 2 is 2.06 bits per heavy atom. The molecule has 18 heavy (non-hydrogen) atoms. The van der Waals surface area contributed by atoms with Crippen LogP contribution >= 0.6 is 0 Å². The van der Waals surface area contributed by atoms with Gasteiger partial charge in [-0.25, -0.2) is 9.78 Å². The molecule has 0 radical (unpaired) electrons. The summed E-state index contributed by atoms with van der Waals surface area (Å²) >= 11 is 0. The summed E-state index contributed by atoms with van der Waals surface area (Å²) in [5, 5.41) is 0. The minimum absolute atomic E-state index is 0.0777. The van der Waals surface area contributed by atoms with E-state index < -0.39 is 11.9 Å². The van der Waals surface area contributed by atoms with Crippen LogP contribution in [0, 0.1) is 11.9 Å². The predicted octanol–water partition coefficient (Wildman–Crippen LogP) is 3.35. The quantitative estimate of drug-likeness (QED) is 0.470. The molecular formula is C14H18FNO2. The number of hydrogen-bond donors (Lipinski definition) is 0. The van der Waals surface area contributed by atoms with Crippen LogP contribution in [0.25, 0.3) is 0 Å². The summed E-state index contributed by atoms with van der Waals surface area (Å²) in [4.78, 5) is 15.1. The molecule has 1 heterocycles. The third-order valence-electron chi connectivity index (χ3n) is 3.40. The number of aromatic nitrogens is 1. The highest BCUT2D eigenvalue weighted by molar-refractivity contribution is 5.89. The number of carbonyl (C=O) groups is 1. The lowest BCUT2D eigenvalue weighted by atomic mass is 10.0. The number of ether oxygens (including phenoxy) is 1. The Labute approximate surface area is 106 Å². The van der Waals surface area contributed by atoms with Gasteiger partial charge in [0.15, 0.2) is 0 Å². The number of hydrogen-bond acceptors (Lipinski definition) is 3. The molecule has 0 saturated heterocycles. The van der Waals surface area contributed by atoms with Gasteiger partial charge in [0.2, 0.25) is 5.95 Å². The largest absolute Gasteiger partial charge is 0.462 e. The highest BCUT2D eigenvalue weighted by atomic mass is 19.1. The SMILES string of the molecule is O=C(OCC1CCCCCC1)c1cccnc1F. The molecule has 1 aliphatic rings. The molecule has 4 heteroatoms. The van der Waals surface area contributed by atoms with Gasteiger partial charge in [-0.3, -0.25) is 0 Å². The summed E-state index contributed by atoms with van der Waals surface area (Å²) < 4.78 is 18.4. The minimum Gasteiger partial charge on any atom is -0.462 e. The van der Waals surface area contributed by atoms with Crippen LogP contribution in [0.1, 0.15) is 48.9 Å². The Balaban J connectivity index is 1.86. The van der Waals surface area contributed by atoms with Crippen molar-refractivity contribution in [2.45, 2.75) is 38.5 Å². The van der Waals surface area contributed by atoms with Gasteiger partial charge in [0.25, 0.3) is 0 Å². The van der Waals surface area contributed by atoms with Crippen molar-refractivity contribution in [3.8, 4) is 0 Å². The van der Waals surface area contributed by atoms with Crippen LogP contribution in [0.4, 0.5) is 4.39 Å². The number of halogens is 1. The summed E-state index contributed by atoms with van der Waals surface area (Å²) in [5.74, 6) is -0.940. The maximum Gasteiger partial charge on any atom is 0.342 e. The lowest BCUT2D eigenvalue weighted by Crippen LogP contribution is -2.15. The normalized spacial score (nSPS) is 17.2. The molecule has 0 unspecified atom stereocenters. The molecule has 98 valence electrons. The van der Waals surface area contributed by atoms with E-state index in [1.807, 2.05) is 0 Å². The molecule has 1 aromatic rings. The van der Waals surface area contributed by atoms with Crippen LogP contribution in [0.5, 0.6) is 0 Å². The van der Waals surface area contributed by atoms with E-state index in [1.54, 1.807) is 0 Å². The van der Waals surface area contributed by atoms with Crippen molar-refractivity contribution in [1.29, 1.82) is 0 Å². The highest BCUT2D eigenvalue weighted by Gasteiger charge is 2.17. The lowest BCUT2D eigenvalue weighted by molar-refractivity contribution is 0.0421. The minimum atomic E-state index is -0.761. The van der Waals surface area contributed by atoms with Crippen molar-refractivity contribution in [3.05, 3.63) is 29.8 Å². The van der Waals surface area contributed by atoms with Crippen molar-refractivity contribution < 1.29 is 13.9 Å². The van der Waals surface area contributed by atoms with Crippen LogP contribution in [0.2, 0.25) is 0 Å². The molecule has 1 saturated carbocycles. The number of rotatable bonds is 3. The molecule has 0 aliphatic heterocycles. The van der Waals surface area contributed by atoms with Gasteiger partial charge < -0.3 is 4.74 Å². The third kappa shape index (κ3) is 3.52. The molecule has 1 fully saturated rings. The van der Waals surface area contributed by atoms with E-state index in [2.05, 4.69) is 4.98 Å². The Morgan fingerprint density at radius 3 is 2.72 bits per heavy atom. The summed E-state index contributed by atoms with van der Waals surface area (Å²) in [5.41, 5.74) is -0.0777. The Morgan fingerprint density at radius 1 is 1.33 bits per heavy atom. The predicted molar refractivity (Wildman–Crippen MR) is 65.7 cm³/mol. The van der Waals surface area contributed by atoms with Gasteiger partial charge in [-0.15, -0.1) is 0 Å². The Bertz CT molecular complexity index is 401. The second kappa shape index (κ2) is 6.47. The van der Waals surface area contributed by atoms with E-state index >= 15 is 0 Å². The zero-order chi connectivity index (χ0) is 12.8. The average molecular weight is 251 g/mol. The van der Waals surface area contributed by atoms with E-state index in [0.29, 0.717) is 12.5 Å². The molecule has 0 spiro atoms. The Kier molecular flexibility index (Phi) is 4.67. The van der Waals surface area contributed by atoms with Crippen LogP contribution < -0.4 is 0 Å². The fraction of sp³-hybridized carbons (Fsp3) is 0.571. The van der Waals surface area contributed by atoms with Crippen LogP contribution in [-0.2, 0) is 4.74 Å². The monoisotopic (exact) mass is 251 g/mol. The zero-order valence-corrected chi connectivity index (χ0v) is 10.4. The number of nitrogens with zero attached hydrogens (tertiary/aromatic N) is 1. The van der Waals surface area contributed by atoms with Gasteiger partial charge in [0.05, 0.1) is 6.61 Å². The summed E-state index contributed by atoms with van der Waals surface area (Å²) in [6.07, 6.45) is 8.44. The number of carbonyl (C=O) groups excluding carboxylic acids is 1. The molecule has 1 aliphatic carbocycles. The molecule has 0 amide bonds. The molecule has 0 atom stereocenters. The molecule has 2 rings (SSSR count). The van der Waals surface area contributed by atoms with Gasteiger partial charge in [0, 0.05) is 6.20 Å². The van der Waals surface area contributed by atoms with Gasteiger partial charge in [-0.05, 0) is 30.9 Å². The first-order valence-electron chi connectivity index (χ1n) is 6.55. The smallest absolute Gasteiger partial charge is 0.342 e. The highest BCUT2D eigenvalue weighted by Crippen LogP contribution is 2.23. The topological polar surface area (TPSA) is 39.2 Å². The van der Waals surface area contributed by atoms with E-state index in [0.717, 1.165) is 12.8 Å². The molecule has 0 bridgehead atoms. The summed E-state index contributed by atoms with van der Waals surface area (Å²) in [7, 11) is 0. The Hall–Kier alpha value is -1.45. The van der Waals surface area contributed by atoms with Crippen LogP contribution in [-0.4, -0.2) is 17.6 Å². The molecule has 0 N–H and O–H groups in total. The van der Waals surface area contributed by atoms with Crippen molar-refractivity contribution >= 4 is 5.97 Å². The summed E-state index contributed by atoms with van der Waals surface area (Å²) in [6.45, 7) is 0.396. The van der Waals surface area contributed by atoms with Gasteiger partial charge in [-0.1, -0.05) is 25.7 Å². The van der Waals surface area contributed by atoms with Crippen LogP contribution in [0.3, 0.4) is 0 Å². The third-order valence-corrected chi connectivity index (χ3v) is 3.40. The fourth-order valence-corrected chi connectivity index (χ4v) is 2.34. The molecular weight excluding hydrogens is 233 g/mol. The molecule has 3 nitrogen and oxygen atoms in total. The van der Waals surface area contributed by atoms with Crippen molar-refractivity contribution in [2.75, 3.05) is 6.61 Å². The lowest BCUT2D eigenvalue weighted by Gasteiger charge is -2.14. The molecule has 0 aromatic carbocycles. The van der Waals surface area contributed by atoms with Crippen LogP contribution in [0.15, 0.2) is 18.3 Å². The van der Waals surface area contributed by atoms with Crippen molar-refractivity contribution in [1.82, 2.24) is 4.98 Å². The standard InChI is InChI=1S/C14H18FNO2/c15-13-12(8-5-9-16-13)14(17)18-10-11-6-3-1-2-4-7-11/h5,8-9,11H,1-4,6-7,10H2. The van der Waals surface area contributed by atoms with E-state index in [4.69, 9.17) is 4.74 Å². The van der Waals surface area contributed by atoms with Gasteiger partial charge in [0.1, 0.15) is 5.56 Å². The first-order valence-corrected chi connectivity index (χ1v) is 6.55. The average Bonchev–Trinajstić information content (AvgIpc) is 2.65. The van der Waals surface area contributed by atoms with E-state index in [-0.39, 0.29) is 5.56 Å². The second-order valence-corrected chi connectivity index (χ2v) is 4.80. The van der Waals surface area contributed by atoms with Gasteiger partial charge in [-0.2, -0.15) is 4.39 Å². The first-order chi connectivity index (χ1) is 8.77. The first kappa shape index (κ1) is 13.0. The molecule has 1 aromatic heterocycles. The summed E-state index contributed by atoms with van der Waals surface area (Å²) in [6, 6.07) is 2.93. The number of esters is 1. The fourth-order valence-electron chi connectivity index (χ4n) is 2.34. The second-order valence-electron chi connectivity index (χ2n) is 4.80. The van der Waals surface area contributed by atoms with E-state index in [1.165, 1.54) is 44.0 Å². The zero-order valence-electron chi connectivity index (χ0n) is 10.4. The van der Waals surface area contributed by atoms with Gasteiger partial charge >= 0.3 is 5.97 Å². The maximum absolute atomic E-state index is 13.3. The van der Waals surface area contributed by atoms with Crippen molar-refractivity contribution in [3.63, 3.8) is 0 Å². The number of pyridine rings is 1. The maximum atomic E-state index is 13.3.